The van der Waals surface area contributed by atoms with Gasteiger partial charge in [0.15, 0.2) is 5.96 Å². The molecule has 0 fully saturated rings. The molecular formula is C26H21N3. The van der Waals surface area contributed by atoms with Crippen LogP contribution in [-0.4, -0.2) is 5.96 Å². The summed E-state index contributed by atoms with van der Waals surface area (Å²) in [5.74, 6) is 0.274. The van der Waals surface area contributed by atoms with E-state index in [4.69, 9.17) is 5.41 Å². The van der Waals surface area contributed by atoms with E-state index in [1.54, 1.807) is 0 Å². The highest BCUT2D eigenvalue weighted by Gasteiger charge is 2.17. The van der Waals surface area contributed by atoms with Crippen LogP contribution in [-0.2, 0) is 0 Å². The van der Waals surface area contributed by atoms with Crippen LogP contribution in [0.5, 0.6) is 0 Å². The van der Waals surface area contributed by atoms with Gasteiger partial charge < -0.3 is 10.6 Å². The van der Waals surface area contributed by atoms with Crippen LogP contribution in [0, 0.1) is 5.41 Å². The maximum atomic E-state index is 8.61. The van der Waals surface area contributed by atoms with E-state index in [0.29, 0.717) is 0 Å². The molecule has 0 saturated carbocycles. The molecule has 0 amide bonds. The topological polar surface area (TPSA) is 47.9 Å². The first-order valence-corrected chi connectivity index (χ1v) is 9.75. The molecule has 0 unspecified atom stereocenters. The van der Waals surface area contributed by atoms with Gasteiger partial charge in [0.2, 0.25) is 0 Å². The molecule has 0 atom stereocenters. The molecule has 0 aliphatic heterocycles. The van der Waals surface area contributed by atoms with E-state index in [1.807, 2.05) is 42.5 Å². The van der Waals surface area contributed by atoms with Crippen molar-refractivity contribution in [1.82, 2.24) is 5.32 Å². The number of anilines is 1. The Labute approximate surface area is 170 Å². The van der Waals surface area contributed by atoms with E-state index in [9.17, 15) is 0 Å². The highest BCUT2D eigenvalue weighted by atomic mass is 15.2. The number of nitrogens with one attached hydrogen (secondary N) is 3. The SMILES string of the molecule is N=C(Nc1ccc2cccc3c2c1C=C3)NC(c1ccccc1)c1ccccc1. The number of hydrogen-bond donors (Lipinski definition) is 3. The van der Waals surface area contributed by atoms with Crippen LogP contribution in [0.15, 0.2) is 91.0 Å². The van der Waals surface area contributed by atoms with Gasteiger partial charge in [-0.15, -0.1) is 0 Å². The molecule has 0 bridgehead atoms. The molecule has 4 aromatic carbocycles. The summed E-state index contributed by atoms with van der Waals surface area (Å²) in [4.78, 5) is 0. The van der Waals surface area contributed by atoms with E-state index in [2.05, 4.69) is 71.3 Å². The third kappa shape index (κ3) is 3.27. The third-order valence-electron chi connectivity index (χ3n) is 5.36. The van der Waals surface area contributed by atoms with Crippen molar-refractivity contribution in [2.24, 2.45) is 0 Å². The van der Waals surface area contributed by atoms with Gasteiger partial charge in [-0.2, -0.15) is 0 Å². The average Bonchev–Trinajstić information content (AvgIpc) is 3.21. The van der Waals surface area contributed by atoms with Crippen LogP contribution in [0.25, 0.3) is 22.9 Å². The number of benzene rings is 4. The van der Waals surface area contributed by atoms with Crippen molar-refractivity contribution in [3.63, 3.8) is 0 Å². The van der Waals surface area contributed by atoms with Gasteiger partial charge in [0.1, 0.15) is 0 Å². The molecule has 4 aromatic rings. The van der Waals surface area contributed by atoms with Crippen LogP contribution in [0.3, 0.4) is 0 Å². The summed E-state index contributed by atoms with van der Waals surface area (Å²) < 4.78 is 0. The summed E-state index contributed by atoms with van der Waals surface area (Å²) >= 11 is 0. The van der Waals surface area contributed by atoms with Gasteiger partial charge in [-0.25, -0.2) is 0 Å². The molecule has 3 nitrogen and oxygen atoms in total. The van der Waals surface area contributed by atoms with Crippen molar-refractivity contribution in [2.75, 3.05) is 5.32 Å². The first kappa shape index (κ1) is 17.3. The number of rotatable bonds is 4. The molecule has 29 heavy (non-hydrogen) atoms. The Balaban J connectivity index is 1.44. The summed E-state index contributed by atoms with van der Waals surface area (Å²) in [6, 6.07) is 30.9. The molecular weight excluding hydrogens is 354 g/mol. The predicted molar refractivity (Wildman–Crippen MR) is 122 cm³/mol. The van der Waals surface area contributed by atoms with Gasteiger partial charge in [-0.3, -0.25) is 5.41 Å². The highest BCUT2D eigenvalue weighted by Crippen LogP contribution is 2.36. The molecule has 0 saturated heterocycles. The van der Waals surface area contributed by atoms with Gasteiger partial charge in [0.25, 0.3) is 0 Å². The summed E-state index contributed by atoms with van der Waals surface area (Å²) in [6.45, 7) is 0. The van der Waals surface area contributed by atoms with E-state index >= 15 is 0 Å². The minimum atomic E-state index is -0.0995. The van der Waals surface area contributed by atoms with Crippen molar-refractivity contribution >= 4 is 34.6 Å². The molecule has 3 N–H and O–H groups in total. The zero-order chi connectivity index (χ0) is 19.6. The molecule has 5 rings (SSSR count). The molecule has 140 valence electrons. The third-order valence-corrected chi connectivity index (χ3v) is 5.36. The molecule has 1 aliphatic rings. The lowest BCUT2D eigenvalue weighted by molar-refractivity contribution is 0.757. The van der Waals surface area contributed by atoms with E-state index in [0.717, 1.165) is 22.4 Å². The first-order chi connectivity index (χ1) is 14.3. The lowest BCUT2D eigenvalue weighted by Crippen LogP contribution is -2.34. The minimum absolute atomic E-state index is 0.0995. The summed E-state index contributed by atoms with van der Waals surface area (Å²) in [5.41, 5.74) is 5.55. The second-order valence-electron chi connectivity index (χ2n) is 7.20. The molecule has 0 heterocycles. The fraction of sp³-hybridized carbons (Fsp3) is 0.0385. The zero-order valence-corrected chi connectivity index (χ0v) is 15.9. The Kier molecular flexibility index (Phi) is 4.34. The molecule has 3 heteroatoms. The maximum Gasteiger partial charge on any atom is 0.193 e. The first-order valence-electron chi connectivity index (χ1n) is 9.75. The second-order valence-corrected chi connectivity index (χ2v) is 7.20. The Bertz CT molecular complexity index is 1170. The smallest absolute Gasteiger partial charge is 0.193 e. The quantitative estimate of drug-likeness (QED) is 0.264. The van der Waals surface area contributed by atoms with Gasteiger partial charge in [-0.05, 0) is 33.5 Å². The highest BCUT2D eigenvalue weighted by molar-refractivity contribution is 6.10. The van der Waals surface area contributed by atoms with Crippen molar-refractivity contribution in [1.29, 1.82) is 5.41 Å². The second kappa shape index (κ2) is 7.28. The monoisotopic (exact) mass is 375 g/mol. The van der Waals surface area contributed by atoms with Crippen molar-refractivity contribution in [3.8, 4) is 0 Å². The van der Waals surface area contributed by atoms with Gasteiger partial charge in [0.05, 0.1) is 6.04 Å². The Morgan fingerprint density at radius 3 is 2.07 bits per heavy atom. The van der Waals surface area contributed by atoms with E-state index in [1.165, 1.54) is 16.3 Å². The van der Waals surface area contributed by atoms with Crippen LogP contribution in [0.2, 0.25) is 0 Å². The Morgan fingerprint density at radius 1 is 0.690 bits per heavy atom. The standard InChI is InChI=1S/C26H21N3/c27-26(28-23-17-15-19-13-7-12-18-14-16-22(23)24(18)19)29-25(20-8-3-1-4-9-20)21-10-5-2-6-11-21/h1-17,25H,(H3,27,28,29). The van der Waals surface area contributed by atoms with Crippen LogP contribution < -0.4 is 10.6 Å². The fourth-order valence-corrected chi connectivity index (χ4v) is 4.00. The van der Waals surface area contributed by atoms with Gasteiger partial charge in [-0.1, -0.05) is 97.1 Å². The normalized spacial score (nSPS) is 11.8. The number of guanidine groups is 1. The lowest BCUT2D eigenvalue weighted by atomic mass is 9.99. The van der Waals surface area contributed by atoms with Crippen LogP contribution in [0.4, 0.5) is 5.69 Å². The molecule has 0 spiro atoms. The summed E-state index contributed by atoms with van der Waals surface area (Å²) in [6.07, 6.45) is 4.26. The molecule has 1 aliphatic carbocycles. The van der Waals surface area contributed by atoms with Gasteiger partial charge in [0, 0.05) is 11.3 Å². The Morgan fingerprint density at radius 2 is 1.38 bits per heavy atom. The summed E-state index contributed by atoms with van der Waals surface area (Å²) in [7, 11) is 0. The average molecular weight is 375 g/mol. The van der Waals surface area contributed by atoms with E-state index < -0.39 is 0 Å². The summed E-state index contributed by atoms with van der Waals surface area (Å²) in [5, 5.41) is 17.7. The zero-order valence-electron chi connectivity index (χ0n) is 15.9. The maximum absolute atomic E-state index is 8.61. The van der Waals surface area contributed by atoms with Crippen molar-refractivity contribution in [2.45, 2.75) is 6.04 Å². The largest absolute Gasteiger partial charge is 0.345 e. The minimum Gasteiger partial charge on any atom is -0.345 e. The fourth-order valence-electron chi connectivity index (χ4n) is 4.00. The van der Waals surface area contributed by atoms with Gasteiger partial charge >= 0.3 is 0 Å². The molecule has 0 radical (unpaired) electrons. The van der Waals surface area contributed by atoms with E-state index in [-0.39, 0.29) is 12.0 Å². The predicted octanol–water partition coefficient (Wildman–Crippen LogP) is 6.05. The number of hydrogen-bond acceptors (Lipinski definition) is 1. The Hall–Kier alpha value is -3.85. The van der Waals surface area contributed by atoms with Crippen LogP contribution >= 0.6 is 0 Å². The van der Waals surface area contributed by atoms with Crippen molar-refractivity contribution in [3.05, 3.63) is 113 Å². The molecule has 0 aromatic heterocycles. The van der Waals surface area contributed by atoms with Crippen molar-refractivity contribution < 1.29 is 0 Å². The lowest BCUT2D eigenvalue weighted by Gasteiger charge is -2.22. The van der Waals surface area contributed by atoms with Crippen LogP contribution in [0.1, 0.15) is 28.3 Å².